The lowest BCUT2D eigenvalue weighted by atomic mass is 10.2. The first-order chi connectivity index (χ1) is 8.59. The molecule has 0 unspecified atom stereocenters. The summed E-state index contributed by atoms with van der Waals surface area (Å²) in [5.41, 5.74) is 0.209. The molecule has 0 radical (unpaired) electrons. The molecule has 0 aliphatic rings. The van der Waals surface area contributed by atoms with Crippen molar-refractivity contribution in [3.63, 3.8) is 0 Å². The lowest BCUT2D eigenvalue weighted by Crippen LogP contribution is -2.00. The topological polar surface area (TPSA) is 39.2 Å². The Labute approximate surface area is 102 Å². The summed E-state index contributed by atoms with van der Waals surface area (Å²) in [6, 6.07) is 6.61. The second-order valence-electron chi connectivity index (χ2n) is 3.57. The number of ketones is 1. The van der Waals surface area contributed by atoms with Crippen LogP contribution in [-0.2, 0) is 0 Å². The van der Waals surface area contributed by atoms with Gasteiger partial charge in [0.2, 0.25) is 11.7 Å². The molecular weight excluding hydrogens is 240 g/mol. The minimum absolute atomic E-state index is 0.0468. The van der Waals surface area contributed by atoms with Gasteiger partial charge in [0.1, 0.15) is 0 Å². The van der Waals surface area contributed by atoms with Gasteiger partial charge in [-0.3, -0.25) is 4.79 Å². The van der Waals surface area contributed by atoms with Crippen molar-refractivity contribution in [2.24, 2.45) is 0 Å². The van der Waals surface area contributed by atoms with Crippen LogP contribution in [0.15, 0.2) is 36.5 Å². The fourth-order valence-corrected chi connectivity index (χ4v) is 1.41. The van der Waals surface area contributed by atoms with Crippen LogP contribution < -0.4 is 4.74 Å². The molecule has 1 aromatic carbocycles. The van der Waals surface area contributed by atoms with Crippen LogP contribution in [0.4, 0.5) is 8.78 Å². The third-order valence-electron chi connectivity index (χ3n) is 2.27. The molecular formula is C13H9F2NO2. The normalized spacial score (nSPS) is 10.2. The van der Waals surface area contributed by atoms with Crippen LogP contribution in [0.3, 0.4) is 0 Å². The first kappa shape index (κ1) is 12.2. The van der Waals surface area contributed by atoms with Gasteiger partial charge in [0.25, 0.3) is 0 Å². The number of aromatic nitrogens is 1. The van der Waals surface area contributed by atoms with Crippen LogP contribution >= 0.6 is 0 Å². The van der Waals surface area contributed by atoms with Crippen LogP contribution in [0.2, 0.25) is 0 Å². The maximum Gasteiger partial charge on any atom is 0.230 e. The van der Waals surface area contributed by atoms with Crippen molar-refractivity contribution in [3.05, 3.63) is 53.7 Å². The van der Waals surface area contributed by atoms with Crippen molar-refractivity contribution in [2.75, 3.05) is 0 Å². The number of benzene rings is 1. The molecule has 2 rings (SSSR count). The Kier molecular flexibility index (Phi) is 3.32. The second-order valence-corrected chi connectivity index (χ2v) is 3.57. The molecule has 2 aromatic rings. The Morgan fingerprint density at radius 2 is 2.00 bits per heavy atom. The number of hydrogen-bond donors (Lipinski definition) is 0. The first-order valence-corrected chi connectivity index (χ1v) is 5.17. The number of carbonyl (C=O) groups is 1. The SMILES string of the molecule is CC(=O)c1cccnc1Oc1cccc(F)c1F. The number of pyridine rings is 1. The molecule has 0 N–H and O–H groups in total. The van der Waals surface area contributed by atoms with Gasteiger partial charge in [-0.15, -0.1) is 0 Å². The van der Waals surface area contributed by atoms with Gasteiger partial charge < -0.3 is 4.74 Å². The molecule has 3 nitrogen and oxygen atoms in total. The molecule has 0 fully saturated rings. The van der Waals surface area contributed by atoms with Crippen LogP contribution in [0, 0.1) is 11.6 Å². The van der Waals surface area contributed by atoms with Gasteiger partial charge in [-0.1, -0.05) is 6.07 Å². The highest BCUT2D eigenvalue weighted by Crippen LogP contribution is 2.26. The van der Waals surface area contributed by atoms with Crippen molar-refractivity contribution < 1.29 is 18.3 Å². The molecule has 0 saturated carbocycles. The first-order valence-electron chi connectivity index (χ1n) is 5.17. The fraction of sp³-hybridized carbons (Fsp3) is 0.0769. The molecule has 1 heterocycles. The average Bonchev–Trinajstić information content (AvgIpc) is 2.35. The summed E-state index contributed by atoms with van der Waals surface area (Å²) in [5, 5.41) is 0. The Morgan fingerprint density at radius 3 is 2.72 bits per heavy atom. The highest BCUT2D eigenvalue weighted by molar-refractivity contribution is 5.96. The molecule has 0 aliphatic carbocycles. The number of Topliss-reactive ketones (excluding diaryl/α,β-unsaturated/α-hetero) is 1. The van der Waals surface area contributed by atoms with E-state index in [-0.39, 0.29) is 23.0 Å². The maximum absolute atomic E-state index is 13.4. The number of hydrogen-bond acceptors (Lipinski definition) is 3. The monoisotopic (exact) mass is 249 g/mol. The molecule has 0 amide bonds. The molecule has 0 bridgehead atoms. The van der Waals surface area contributed by atoms with Crippen LogP contribution in [0.25, 0.3) is 0 Å². The minimum Gasteiger partial charge on any atom is -0.435 e. The van der Waals surface area contributed by atoms with Gasteiger partial charge in [0.05, 0.1) is 5.56 Å². The standard InChI is InChI=1S/C13H9F2NO2/c1-8(17)9-4-3-7-16-13(9)18-11-6-2-5-10(14)12(11)15/h2-7H,1H3. The zero-order valence-electron chi connectivity index (χ0n) is 9.48. The van der Waals surface area contributed by atoms with Gasteiger partial charge in [0.15, 0.2) is 17.3 Å². The Hall–Kier alpha value is -2.30. The van der Waals surface area contributed by atoms with Crippen molar-refractivity contribution in [1.82, 2.24) is 4.98 Å². The highest BCUT2D eigenvalue weighted by Gasteiger charge is 2.14. The van der Waals surface area contributed by atoms with E-state index >= 15 is 0 Å². The summed E-state index contributed by atoms with van der Waals surface area (Å²) < 4.78 is 31.5. The maximum atomic E-state index is 13.4. The molecule has 92 valence electrons. The second kappa shape index (κ2) is 4.91. The van der Waals surface area contributed by atoms with E-state index < -0.39 is 11.6 Å². The Balaban J connectivity index is 2.40. The number of carbonyl (C=O) groups excluding carboxylic acids is 1. The number of halogens is 2. The Morgan fingerprint density at radius 1 is 1.22 bits per heavy atom. The summed E-state index contributed by atoms with van der Waals surface area (Å²) in [4.78, 5) is 15.2. The molecule has 1 aromatic heterocycles. The summed E-state index contributed by atoms with van der Waals surface area (Å²) in [6.07, 6.45) is 1.40. The zero-order chi connectivity index (χ0) is 13.1. The third kappa shape index (κ3) is 2.34. The number of rotatable bonds is 3. The zero-order valence-corrected chi connectivity index (χ0v) is 9.48. The summed E-state index contributed by atoms with van der Waals surface area (Å²) in [5.74, 6) is -2.76. The van der Waals surface area contributed by atoms with Crippen LogP contribution in [0.1, 0.15) is 17.3 Å². The molecule has 5 heteroatoms. The van der Waals surface area contributed by atoms with Crippen molar-refractivity contribution in [3.8, 4) is 11.6 Å². The van der Waals surface area contributed by atoms with Crippen molar-refractivity contribution in [2.45, 2.75) is 6.92 Å². The lowest BCUT2D eigenvalue weighted by molar-refractivity contribution is 0.101. The largest absolute Gasteiger partial charge is 0.435 e. The highest BCUT2D eigenvalue weighted by atomic mass is 19.2. The minimum atomic E-state index is -1.11. The lowest BCUT2D eigenvalue weighted by Gasteiger charge is -2.08. The number of nitrogens with zero attached hydrogens (tertiary/aromatic N) is 1. The smallest absolute Gasteiger partial charge is 0.230 e. The van der Waals surface area contributed by atoms with E-state index in [2.05, 4.69) is 4.98 Å². The van der Waals surface area contributed by atoms with E-state index in [9.17, 15) is 13.6 Å². The van der Waals surface area contributed by atoms with Gasteiger partial charge in [-0.2, -0.15) is 4.39 Å². The fourth-order valence-electron chi connectivity index (χ4n) is 1.41. The third-order valence-corrected chi connectivity index (χ3v) is 2.27. The molecule has 18 heavy (non-hydrogen) atoms. The van der Waals surface area contributed by atoms with E-state index in [1.165, 1.54) is 31.3 Å². The summed E-state index contributed by atoms with van der Waals surface area (Å²) >= 11 is 0. The molecule has 0 spiro atoms. The van der Waals surface area contributed by atoms with Crippen LogP contribution in [0.5, 0.6) is 11.6 Å². The number of ether oxygens (including phenoxy) is 1. The molecule has 0 aliphatic heterocycles. The average molecular weight is 249 g/mol. The van der Waals surface area contributed by atoms with E-state index in [1.54, 1.807) is 6.07 Å². The van der Waals surface area contributed by atoms with Gasteiger partial charge in [-0.05, 0) is 31.2 Å². The van der Waals surface area contributed by atoms with Gasteiger partial charge in [-0.25, -0.2) is 9.37 Å². The quantitative estimate of drug-likeness (QED) is 0.783. The summed E-state index contributed by atoms with van der Waals surface area (Å²) in [7, 11) is 0. The van der Waals surface area contributed by atoms with E-state index in [0.29, 0.717) is 0 Å². The van der Waals surface area contributed by atoms with Gasteiger partial charge >= 0.3 is 0 Å². The predicted octanol–water partition coefficient (Wildman–Crippen LogP) is 3.35. The Bertz CT molecular complexity index is 599. The molecule has 0 atom stereocenters. The van der Waals surface area contributed by atoms with E-state index in [0.717, 1.165) is 6.07 Å². The van der Waals surface area contributed by atoms with Gasteiger partial charge in [0, 0.05) is 6.20 Å². The molecule has 0 saturated heterocycles. The van der Waals surface area contributed by atoms with Crippen LogP contribution in [-0.4, -0.2) is 10.8 Å². The van der Waals surface area contributed by atoms with Crippen molar-refractivity contribution >= 4 is 5.78 Å². The summed E-state index contributed by atoms with van der Waals surface area (Å²) in [6.45, 7) is 1.34. The van der Waals surface area contributed by atoms with E-state index in [1.807, 2.05) is 0 Å². The predicted molar refractivity (Wildman–Crippen MR) is 60.7 cm³/mol. The van der Waals surface area contributed by atoms with Crippen molar-refractivity contribution in [1.29, 1.82) is 0 Å². The van der Waals surface area contributed by atoms with E-state index in [4.69, 9.17) is 4.74 Å².